The number of urea groups is 2. The van der Waals surface area contributed by atoms with E-state index in [1.807, 2.05) is 6.07 Å². The summed E-state index contributed by atoms with van der Waals surface area (Å²) in [5.41, 5.74) is 1.35. The molecule has 1 spiro atoms. The molecule has 0 aromatic heterocycles. The van der Waals surface area contributed by atoms with Crippen molar-refractivity contribution in [2.45, 2.75) is 5.54 Å². The van der Waals surface area contributed by atoms with Gasteiger partial charge in [0.1, 0.15) is 0 Å². The molecule has 0 radical (unpaired) electrons. The number of carbonyl (C=O) groups is 2. The highest BCUT2D eigenvalue weighted by atomic mass is 35.5. The van der Waals surface area contributed by atoms with Crippen molar-refractivity contribution in [1.29, 1.82) is 10.5 Å². The predicted octanol–water partition coefficient (Wildman–Crippen LogP) is 4.93. The average Bonchev–Trinajstić information content (AvgIpc) is 3.13. The Kier molecular flexibility index (Phi) is 5.87. The van der Waals surface area contributed by atoms with Gasteiger partial charge in [0.2, 0.25) is 0 Å². The second-order valence-corrected chi connectivity index (χ2v) is 8.60. The Bertz CT molecular complexity index is 1450. The van der Waals surface area contributed by atoms with Gasteiger partial charge in [-0.25, -0.2) is 14.5 Å². The molecule has 0 bridgehead atoms. The largest absolute Gasteiger partial charge is 0.375 e. The molecule has 10 heteroatoms. The minimum absolute atomic E-state index is 0.136. The van der Waals surface area contributed by atoms with Crippen molar-refractivity contribution < 1.29 is 14.3 Å². The molecule has 2 aliphatic rings. The molecule has 0 atom stereocenters. The molecule has 9 nitrogen and oxygen atoms in total. The molecule has 3 aromatic rings. The normalized spacial score (nSPS) is 17.0. The van der Waals surface area contributed by atoms with Gasteiger partial charge in [0.15, 0.2) is 11.4 Å². The zero-order valence-electron chi connectivity index (χ0n) is 18.7. The Morgan fingerprint density at radius 1 is 0.917 bits per heavy atom. The van der Waals surface area contributed by atoms with Crippen LogP contribution in [-0.2, 0) is 4.74 Å². The van der Waals surface area contributed by atoms with Crippen LogP contribution in [0.25, 0.3) is 0 Å². The molecule has 0 aliphatic carbocycles. The molecule has 2 heterocycles. The van der Waals surface area contributed by atoms with E-state index in [1.165, 1.54) is 4.90 Å². The fourth-order valence-corrected chi connectivity index (χ4v) is 4.26. The molecule has 4 amide bonds. The number of halogens is 1. The number of anilines is 3. The highest BCUT2D eigenvalue weighted by Crippen LogP contribution is 2.41. The number of nitrogens with zero attached hydrogens (tertiary/aromatic N) is 5. The number of hydrogen-bond donors (Lipinski definition) is 1. The van der Waals surface area contributed by atoms with E-state index in [0.29, 0.717) is 33.2 Å². The van der Waals surface area contributed by atoms with Gasteiger partial charge in [-0.05, 0) is 72.8 Å². The SMILES string of the molecule is N#Cc1ccc(NC(=O)/N=C2\N(c3ccc(C#N)cc3)C(=O)N(c3ccc(Cl)cc3)C23COC3)cc1. The lowest BCUT2D eigenvalue weighted by Gasteiger charge is -2.43. The number of nitriles is 2. The first-order valence-corrected chi connectivity index (χ1v) is 11.2. The summed E-state index contributed by atoms with van der Waals surface area (Å²) in [6.45, 7) is 0.272. The van der Waals surface area contributed by atoms with Gasteiger partial charge in [0.25, 0.3) is 0 Å². The van der Waals surface area contributed by atoms with Gasteiger partial charge in [-0.2, -0.15) is 15.5 Å². The molecular formula is C26H17ClN6O3. The van der Waals surface area contributed by atoms with E-state index in [0.717, 1.165) is 0 Å². The van der Waals surface area contributed by atoms with Crippen molar-refractivity contribution in [1.82, 2.24) is 0 Å². The summed E-state index contributed by atoms with van der Waals surface area (Å²) in [4.78, 5) is 34.1. The van der Waals surface area contributed by atoms with Crippen molar-refractivity contribution in [3.05, 3.63) is 88.9 Å². The van der Waals surface area contributed by atoms with Crippen molar-refractivity contribution in [2.75, 3.05) is 28.3 Å². The second kappa shape index (κ2) is 9.16. The first-order valence-electron chi connectivity index (χ1n) is 10.8. The second-order valence-electron chi connectivity index (χ2n) is 8.17. The van der Waals surface area contributed by atoms with E-state index in [2.05, 4.69) is 16.4 Å². The number of ether oxygens (including phenoxy) is 1. The standard InChI is InChI=1S/C26H17ClN6O3/c27-19-5-11-22(12-6-19)33-25(35)32(21-9-3-18(14-29)4-10-21)23(26(33)15-36-16-26)31-24(34)30-20-7-1-17(13-28)2-8-20/h1-12H,15-16H2,(H,30,34)/b31-23-. The van der Waals surface area contributed by atoms with E-state index in [-0.39, 0.29) is 19.0 Å². The van der Waals surface area contributed by atoms with E-state index in [9.17, 15) is 14.9 Å². The van der Waals surface area contributed by atoms with Crippen LogP contribution in [0.2, 0.25) is 5.02 Å². The highest BCUT2D eigenvalue weighted by molar-refractivity contribution is 6.34. The van der Waals surface area contributed by atoms with Crippen molar-refractivity contribution in [2.24, 2.45) is 4.99 Å². The topological polar surface area (TPSA) is 122 Å². The molecule has 2 fully saturated rings. The maximum Gasteiger partial charge on any atom is 0.347 e. The Balaban J connectivity index is 1.58. The lowest BCUT2D eigenvalue weighted by atomic mass is 9.94. The maximum atomic E-state index is 13.8. The van der Waals surface area contributed by atoms with Crippen molar-refractivity contribution >= 4 is 46.6 Å². The van der Waals surface area contributed by atoms with Crippen LogP contribution in [0.15, 0.2) is 77.8 Å². The number of amidine groups is 1. The molecule has 2 aliphatic heterocycles. The third kappa shape index (κ3) is 3.93. The van der Waals surface area contributed by atoms with Crippen LogP contribution in [0.4, 0.5) is 26.7 Å². The van der Waals surface area contributed by atoms with Crippen molar-refractivity contribution in [3.8, 4) is 12.1 Å². The number of aliphatic imine (C=N–C) groups is 1. The molecule has 0 unspecified atom stereocenters. The Labute approximate surface area is 211 Å². The molecule has 1 N–H and O–H groups in total. The minimum Gasteiger partial charge on any atom is -0.375 e. The lowest BCUT2D eigenvalue weighted by molar-refractivity contribution is -0.0152. The minimum atomic E-state index is -1.01. The summed E-state index contributed by atoms with van der Waals surface area (Å²) in [6, 6.07) is 22.5. The fourth-order valence-electron chi connectivity index (χ4n) is 4.13. The molecular weight excluding hydrogens is 480 g/mol. The molecule has 0 saturated carbocycles. The molecule has 5 rings (SSSR count). The predicted molar refractivity (Wildman–Crippen MR) is 134 cm³/mol. The third-order valence-electron chi connectivity index (χ3n) is 5.93. The van der Waals surface area contributed by atoms with Crippen molar-refractivity contribution in [3.63, 3.8) is 0 Å². The van der Waals surface area contributed by atoms with Gasteiger partial charge in [0.05, 0.1) is 42.2 Å². The third-order valence-corrected chi connectivity index (χ3v) is 6.18. The lowest BCUT2D eigenvalue weighted by Crippen LogP contribution is -2.64. The number of benzene rings is 3. The maximum absolute atomic E-state index is 13.8. The fraction of sp³-hybridized carbons (Fsp3) is 0.115. The smallest absolute Gasteiger partial charge is 0.347 e. The average molecular weight is 497 g/mol. The molecule has 176 valence electrons. The molecule has 3 aromatic carbocycles. The van der Waals surface area contributed by atoms with Crippen LogP contribution >= 0.6 is 11.6 Å². The summed E-state index contributed by atoms with van der Waals surface area (Å²) < 4.78 is 5.53. The van der Waals surface area contributed by atoms with Crippen LogP contribution in [-0.4, -0.2) is 36.7 Å². The van der Waals surface area contributed by atoms with E-state index >= 15 is 0 Å². The number of amides is 4. The Morgan fingerprint density at radius 2 is 1.47 bits per heavy atom. The molecule has 2 saturated heterocycles. The van der Waals surface area contributed by atoms with E-state index in [1.54, 1.807) is 77.7 Å². The quantitative estimate of drug-likeness (QED) is 0.551. The van der Waals surface area contributed by atoms with E-state index in [4.69, 9.17) is 21.6 Å². The van der Waals surface area contributed by atoms with E-state index < -0.39 is 17.6 Å². The van der Waals surface area contributed by atoms with Gasteiger partial charge in [-0.15, -0.1) is 0 Å². The number of carbonyl (C=O) groups excluding carboxylic acids is 2. The zero-order chi connectivity index (χ0) is 25.3. The van der Waals surface area contributed by atoms with Crippen LogP contribution in [0.1, 0.15) is 11.1 Å². The summed E-state index contributed by atoms with van der Waals surface area (Å²) in [7, 11) is 0. The molecule has 36 heavy (non-hydrogen) atoms. The monoisotopic (exact) mass is 496 g/mol. The van der Waals surface area contributed by atoms with Gasteiger partial charge >= 0.3 is 12.1 Å². The summed E-state index contributed by atoms with van der Waals surface area (Å²) >= 11 is 6.06. The Morgan fingerprint density at radius 3 is 2.00 bits per heavy atom. The summed E-state index contributed by atoms with van der Waals surface area (Å²) in [5.74, 6) is 0.199. The van der Waals surface area contributed by atoms with Gasteiger partial charge in [-0.1, -0.05) is 11.6 Å². The van der Waals surface area contributed by atoms with Crippen LogP contribution in [0, 0.1) is 22.7 Å². The summed E-state index contributed by atoms with van der Waals surface area (Å²) in [5, 5.41) is 21.4. The Hall–Kier alpha value is -4.70. The van der Waals surface area contributed by atoms with Crippen LogP contribution in [0.5, 0.6) is 0 Å². The van der Waals surface area contributed by atoms with Gasteiger partial charge in [0, 0.05) is 16.4 Å². The number of rotatable bonds is 3. The van der Waals surface area contributed by atoms with Crippen LogP contribution < -0.4 is 15.1 Å². The zero-order valence-corrected chi connectivity index (χ0v) is 19.4. The summed E-state index contributed by atoms with van der Waals surface area (Å²) in [6.07, 6.45) is 0. The number of nitrogens with one attached hydrogen (secondary N) is 1. The first kappa shape index (κ1) is 23.1. The highest BCUT2D eigenvalue weighted by Gasteiger charge is 2.61. The van der Waals surface area contributed by atoms with Gasteiger partial charge < -0.3 is 10.1 Å². The first-order chi connectivity index (χ1) is 17.4. The van der Waals surface area contributed by atoms with Crippen LogP contribution in [0.3, 0.4) is 0 Å². The van der Waals surface area contributed by atoms with Gasteiger partial charge in [-0.3, -0.25) is 4.90 Å². The number of hydrogen-bond acceptors (Lipinski definition) is 5.